The molecule has 0 saturated heterocycles. The predicted molar refractivity (Wildman–Crippen MR) is 64.1 cm³/mol. The molecule has 0 spiro atoms. The Kier molecular flexibility index (Phi) is 2.89. The lowest BCUT2D eigenvalue weighted by atomic mass is 10.0. The molecule has 0 radical (unpaired) electrons. The van der Waals surface area contributed by atoms with Crippen molar-refractivity contribution < 1.29 is 0 Å². The van der Waals surface area contributed by atoms with Crippen molar-refractivity contribution in [2.75, 3.05) is 0 Å². The fraction of sp³-hybridized carbons (Fsp3) is 0.250. The zero-order valence-electron chi connectivity index (χ0n) is 8.57. The quantitative estimate of drug-likeness (QED) is 0.846. The summed E-state index contributed by atoms with van der Waals surface area (Å²) >= 11 is 6.15. The van der Waals surface area contributed by atoms with E-state index in [0.717, 1.165) is 27.9 Å². The fourth-order valence-electron chi connectivity index (χ4n) is 1.70. The van der Waals surface area contributed by atoms with Crippen LogP contribution in [0.2, 0.25) is 5.02 Å². The zero-order chi connectivity index (χ0) is 10.8. The van der Waals surface area contributed by atoms with Crippen LogP contribution in [0.25, 0.3) is 10.9 Å². The zero-order valence-corrected chi connectivity index (χ0v) is 9.33. The molecule has 0 aliphatic carbocycles. The maximum absolute atomic E-state index is 6.15. The molecule has 0 fully saturated rings. The van der Waals surface area contributed by atoms with Gasteiger partial charge in [0, 0.05) is 22.6 Å². The third-order valence-electron chi connectivity index (χ3n) is 2.35. The van der Waals surface area contributed by atoms with Crippen LogP contribution in [-0.4, -0.2) is 11.0 Å². The minimum atomic E-state index is 0.0927. The number of hydrogen-bond donors (Lipinski definition) is 1. The molecule has 0 aliphatic heterocycles. The van der Waals surface area contributed by atoms with Gasteiger partial charge in [0.1, 0.15) is 0 Å². The highest BCUT2D eigenvalue weighted by atomic mass is 35.5. The normalized spacial score (nSPS) is 13.0. The molecule has 2 N–H and O–H groups in total. The van der Waals surface area contributed by atoms with Gasteiger partial charge in [-0.15, -0.1) is 0 Å². The Morgan fingerprint density at radius 3 is 2.93 bits per heavy atom. The number of fused-ring (bicyclic) bond motifs is 1. The van der Waals surface area contributed by atoms with Crippen molar-refractivity contribution in [1.29, 1.82) is 0 Å². The number of nitrogens with two attached hydrogens (primary N) is 1. The summed E-state index contributed by atoms with van der Waals surface area (Å²) < 4.78 is 0. The van der Waals surface area contributed by atoms with Gasteiger partial charge in [0.25, 0.3) is 0 Å². The molecule has 2 aromatic rings. The van der Waals surface area contributed by atoms with Crippen LogP contribution >= 0.6 is 11.6 Å². The van der Waals surface area contributed by atoms with Crippen molar-refractivity contribution >= 4 is 22.5 Å². The molecule has 1 heterocycles. The molecule has 78 valence electrons. The molecule has 1 aromatic carbocycles. The van der Waals surface area contributed by atoms with Gasteiger partial charge in [-0.05, 0) is 31.0 Å². The van der Waals surface area contributed by atoms with Gasteiger partial charge in [-0.1, -0.05) is 23.7 Å². The van der Waals surface area contributed by atoms with E-state index in [1.165, 1.54) is 0 Å². The Hall–Kier alpha value is -1.12. The van der Waals surface area contributed by atoms with Gasteiger partial charge in [0.2, 0.25) is 0 Å². The molecule has 3 heteroatoms. The van der Waals surface area contributed by atoms with E-state index in [1.807, 2.05) is 31.2 Å². The van der Waals surface area contributed by atoms with Crippen LogP contribution in [0.5, 0.6) is 0 Å². The topological polar surface area (TPSA) is 38.9 Å². The second-order valence-electron chi connectivity index (χ2n) is 3.78. The Morgan fingerprint density at radius 1 is 1.40 bits per heavy atom. The molecule has 0 aliphatic rings. The fourth-order valence-corrected chi connectivity index (χ4v) is 1.93. The smallest absolute Gasteiger partial charge is 0.0749 e. The Balaban J connectivity index is 2.63. The highest BCUT2D eigenvalue weighted by Crippen LogP contribution is 2.25. The van der Waals surface area contributed by atoms with Crippen molar-refractivity contribution in [3.8, 4) is 0 Å². The SMILES string of the molecule is C[C@H](N)Cc1c(Cl)ccc2cccnc12. The van der Waals surface area contributed by atoms with Crippen LogP contribution in [0, 0.1) is 0 Å². The van der Waals surface area contributed by atoms with E-state index in [-0.39, 0.29) is 6.04 Å². The van der Waals surface area contributed by atoms with E-state index >= 15 is 0 Å². The van der Waals surface area contributed by atoms with Crippen LogP contribution in [-0.2, 0) is 6.42 Å². The molecule has 0 saturated carbocycles. The Morgan fingerprint density at radius 2 is 2.20 bits per heavy atom. The first-order valence-electron chi connectivity index (χ1n) is 4.96. The third kappa shape index (κ3) is 2.11. The average molecular weight is 221 g/mol. The number of aromatic nitrogens is 1. The van der Waals surface area contributed by atoms with Gasteiger partial charge in [-0.3, -0.25) is 4.98 Å². The molecule has 0 bridgehead atoms. The third-order valence-corrected chi connectivity index (χ3v) is 2.70. The van der Waals surface area contributed by atoms with Gasteiger partial charge in [-0.2, -0.15) is 0 Å². The van der Waals surface area contributed by atoms with Crippen LogP contribution in [0.1, 0.15) is 12.5 Å². The molecule has 2 nitrogen and oxygen atoms in total. The summed E-state index contributed by atoms with van der Waals surface area (Å²) in [5, 5.41) is 1.86. The number of hydrogen-bond acceptors (Lipinski definition) is 2. The first kappa shape index (κ1) is 10.4. The summed E-state index contributed by atoms with van der Waals surface area (Å²) in [6, 6.07) is 7.93. The maximum atomic E-state index is 6.15. The van der Waals surface area contributed by atoms with Crippen molar-refractivity contribution in [1.82, 2.24) is 4.98 Å². The van der Waals surface area contributed by atoms with Gasteiger partial charge in [0.15, 0.2) is 0 Å². The Labute approximate surface area is 94.1 Å². The second-order valence-corrected chi connectivity index (χ2v) is 4.19. The number of nitrogens with zero attached hydrogens (tertiary/aromatic N) is 1. The second kappa shape index (κ2) is 4.17. The molecule has 15 heavy (non-hydrogen) atoms. The summed E-state index contributed by atoms with van der Waals surface area (Å²) in [5.41, 5.74) is 7.80. The van der Waals surface area contributed by atoms with Crippen molar-refractivity contribution in [2.24, 2.45) is 5.73 Å². The molecule has 1 aromatic heterocycles. The molecule has 0 amide bonds. The number of rotatable bonds is 2. The molecular formula is C12H13ClN2. The highest BCUT2D eigenvalue weighted by molar-refractivity contribution is 6.32. The first-order chi connectivity index (χ1) is 7.18. The van der Waals surface area contributed by atoms with Crippen LogP contribution in [0.3, 0.4) is 0 Å². The summed E-state index contributed by atoms with van der Waals surface area (Å²) in [6.07, 6.45) is 2.54. The average Bonchev–Trinajstić information content (AvgIpc) is 2.22. The highest BCUT2D eigenvalue weighted by Gasteiger charge is 2.08. The van der Waals surface area contributed by atoms with E-state index in [0.29, 0.717) is 0 Å². The van der Waals surface area contributed by atoms with Gasteiger partial charge >= 0.3 is 0 Å². The summed E-state index contributed by atoms with van der Waals surface area (Å²) in [6.45, 7) is 1.97. The van der Waals surface area contributed by atoms with Crippen molar-refractivity contribution in [3.05, 3.63) is 41.0 Å². The minimum Gasteiger partial charge on any atom is -0.328 e. The predicted octanol–water partition coefficient (Wildman–Crippen LogP) is 2.78. The summed E-state index contributed by atoms with van der Waals surface area (Å²) in [4.78, 5) is 4.36. The standard InChI is InChI=1S/C12H13ClN2/c1-8(14)7-10-11(13)5-4-9-3-2-6-15-12(9)10/h2-6,8H,7,14H2,1H3/t8-/m0/s1. The van der Waals surface area contributed by atoms with Crippen LogP contribution < -0.4 is 5.73 Å². The lowest BCUT2D eigenvalue weighted by Crippen LogP contribution is -2.18. The minimum absolute atomic E-state index is 0.0927. The van der Waals surface area contributed by atoms with Crippen molar-refractivity contribution in [3.63, 3.8) is 0 Å². The summed E-state index contributed by atoms with van der Waals surface area (Å²) in [5.74, 6) is 0. The van der Waals surface area contributed by atoms with Crippen LogP contribution in [0.15, 0.2) is 30.5 Å². The van der Waals surface area contributed by atoms with E-state index in [1.54, 1.807) is 6.20 Å². The maximum Gasteiger partial charge on any atom is 0.0749 e. The molecular weight excluding hydrogens is 208 g/mol. The molecule has 1 atom stereocenters. The summed E-state index contributed by atoms with van der Waals surface area (Å²) in [7, 11) is 0. The van der Waals surface area contributed by atoms with E-state index in [9.17, 15) is 0 Å². The van der Waals surface area contributed by atoms with E-state index in [4.69, 9.17) is 17.3 Å². The van der Waals surface area contributed by atoms with Gasteiger partial charge < -0.3 is 5.73 Å². The van der Waals surface area contributed by atoms with E-state index < -0.39 is 0 Å². The lowest BCUT2D eigenvalue weighted by molar-refractivity contribution is 0.741. The van der Waals surface area contributed by atoms with Crippen molar-refractivity contribution in [2.45, 2.75) is 19.4 Å². The van der Waals surface area contributed by atoms with E-state index in [2.05, 4.69) is 4.98 Å². The van der Waals surface area contributed by atoms with Gasteiger partial charge in [-0.25, -0.2) is 0 Å². The Bertz CT molecular complexity index is 480. The van der Waals surface area contributed by atoms with Gasteiger partial charge in [0.05, 0.1) is 5.52 Å². The monoisotopic (exact) mass is 220 g/mol. The van der Waals surface area contributed by atoms with Crippen LogP contribution in [0.4, 0.5) is 0 Å². The largest absolute Gasteiger partial charge is 0.328 e. The first-order valence-corrected chi connectivity index (χ1v) is 5.34. The molecule has 0 unspecified atom stereocenters. The molecule has 2 rings (SSSR count). The number of pyridine rings is 1. The number of halogens is 1. The lowest BCUT2D eigenvalue weighted by Gasteiger charge is -2.10. The number of benzene rings is 1.